The highest BCUT2D eigenvalue weighted by molar-refractivity contribution is 6.33. The van der Waals surface area contributed by atoms with Gasteiger partial charge in [0.15, 0.2) is 0 Å². The number of hydrogen-bond acceptors (Lipinski definition) is 2. The number of Topliss-reactive ketones (excluding diaryl/α,β-unsaturated/α-hetero) is 1. The van der Waals surface area contributed by atoms with Crippen LogP contribution in [-0.2, 0) is 11.2 Å². The zero-order chi connectivity index (χ0) is 12.3. The topological polar surface area (TPSA) is 29.1 Å². The molecule has 2 rings (SSSR count). The van der Waals surface area contributed by atoms with Crippen molar-refractivity contribution < 1.29 is 4.79 Å². The van der Waals surface area contributed by atoms with Crippen LogP contribution in [-0.4, -0.2) is 18.9 Å². The fraction of sp³-hybridized carbons (Fsp3) is 0.462. The van der Waals surface area contributed by atoms with E-state index in [9.17, 15) is 4.79 Å². The molecule has 0 bridgehead atoms. The first kappa shape index (κ1) is 12.9. The van der Waals surface area contributed by atoms with E-state index in [0.29, 0.717) is 16.5 Å². The molecule has 2 nitrogen and oxygen atoms in total. The van der Waals surface area contributed by atoms with E-state index in [0.717, 1.165) is 31.5 Å². The van der Waals surface area contributed by atoms with Gasteiger partial charge in [0.1, 0.15) is 5.78 Å². The van der Waals surface area contributed by atoms with Crippen LogP contribution in [0.1, 0.15) is 18.4 Å². The molecule has 1 fully saturated rings. The molecule has 0 saturated carbocycles. The molecule has 4 heteroatoms. The zero-order valence-corrected chi connectivity index (χ0v) is 11.0. The van der Waals surface area contributed by atoms with Crippen LogP contribution in [0.5, 0.6) is 0 Å². The van der Waals surface area contributed by atoms with Gasteiger partial charge in [-0.3, -0.25) is 4.79 Å². The van der Waals surface area contributed by atoms with Crippen LogP contribution in [0.25, 0.3) is 0 Å². The van der Waals surface area contributed by atoms with E-state index in [2.05, 4.69) is 5.32 Å². The van der Waals surface area contributed by atoms with E-state index in [4.69, 9.17) is 23.2 Å². The summed E-state index contributed by atoms with van der Waals surface area (Å²) >= 11 is 12.0. The predicted molar refractivity (Wildman–Crippen MR) is 70.8 cm³/mol. The maximum Gasteiger partial charge on any atom is 0.141 e. The zero-order valence-electron chi connectivity index (χ0n) is 9.51. The van der Waals surface area contributed by atoms with Crippen molar-refractivity contribution in [2.75, 3.05) is 13.1 Å². The number of benzene rings is 1. The Hall–Kier alpha value is -0.570. The summed E-state index contributed by atoms with van der Waals surface area (Å²) in [6.07, 6.45) is 2.43. The summed E-state index contributed by atoms with van der Waals surface area (Å²) in [6, 6.07) is 5.25. The molecule has 1 unspecified atom stereocenters. The van der Waals surface area contributed by atoms with Crippen molar-refractivity contribution in [2.45, 2.75) is 19.3 Å². The third-order valence-corrected chi connectivity index (χ3v) is 3.73. The Bertz CT molecular complexity index is 414. The van der Waals surface area contributed by atoms with Gasteiger partial charge in [0, 0.05) is 28.9 Å². The second-order valence-corrected chi connectivity index (χ2v) is 5.27. The molecule has 1 heterocycles. The summed E-state index contributed by atoms with van der Waals surface area (Å²) in [5.74, 6) is 0.375. The van der Waals surface area contributed by atoms with Crippen molar-refractivity contribution in [2.24, 2.45) is 5.92 Å². The van der Waals surface area contributed by atoms with Gasteiger partial charge in [-0.1, -0.05) is 23.2 Å². The Morgan fingerprint density at radius 3 is 2.94 bits per heavy atom. The molecule has 1 aliphatic heterocycles. The lowest BCUT2D eigenvalue weighted by Gasteiger charge is -2.21. The Balaban J connectivity index is 2.04. The highest BCUT2D eigenvalue weighted by Gasteiger charge is 2.21. The molecular formula is C13H15Cl2NO. The number of hydrogen-bond donors (Lipinski definition) is 1. The minimum absolute atomic E-state index is 0.124. The van der Waals surface area contributed by atoms with Gasteiger partial charge in [0.05, 0.1) is 0 Å². The van der Waals surface area contributed by atoms with Gasteiger partial charge < -0.3 is 5.32 Å². The van der Waals surface area contributed by atoms with Crippen molar-refractivity contribution in [3.63, 3.8) is 0 Å². The maximum atomic E-state index is 12.1. The SMILES string of the molecule is O=C(Cc1cc(Cl)ccc1Cl)C1CCCNC1. The molecule has 1 aromatic rings. The minimum Gasteiger partial charge on any atom is -0.316 e. The highest BCUT2D eigenvalue weighted by Crippen LogP contribution is 2.23. The molecule has 0 aliphatic carbocycles. The van der Waals surface area contributed by atoms with Gasteiger partial charge in [-0.15, -0.1) is 0 Å². The number of rotatable bonds is 3. The van der Waals surface area contributed by atoms with E-state index < -0.39 is 0 Å². The highest BCUT2D eigenvalue weighted by atomic mass is 35.5. The van der Waals surface area contributed by atoms with Crippen LogP contribution in [0.4, 0.5) is 0 Å². The smallest absolute Gasteiger partial charge is 0.141 e. The van der Waals surface area contributed by atoms with Crippen LogP contribution in [0, 0.1) is 5.92 Å². The van der Waals surface area contributed by atoms with Crippen molar-refractivity contribution >= 4 is 29.0 Å². The molecular weight excluding hydrogens is 257 g/mol. The lowest BCUT2D eigenvalue weighted by molar-refractivity contribution is -0.122. The molecule has 1 aromatic carbocycles. The Morgan fingerprint density at radius 2 is 2.24 bits per heavy atom. The first-order chi connectivity index (χ1) is 8.16. The lowest BCUT2D eigenvalue weighted by Crippen LogP contribution is -2.35. The van der Waals surface area contributed by atoms with Crippen molar-refractivity contribution in [3.8, 4) is 0 Å². The molecule has 17 heavy (non-hydrogen) atoms. The molecule has 92 valence electrons. The molecule has 0 amide bonds. The van der Waals surface area contributed by atoms with Gasteiger partial charge in [-0.05, 0) is 43.1 Å². The maximum absolute atomic E-state index is 12.1. The van der Waals surface area contributed by atoms with Crippen LogP contribution >= 0.6 is 23.2 Å². The summed E-state index contributed by atoms with van der Waals surface area (Å²) in [5, 5.41) is 4.49. The summed E-state index contributed by atoms with van der Waals surface area (Å²) in [4.78, 5) is 12.1. The van der Waals surface area contributed by atoms with Gasteiger partial charge in [0.2, 0.25) is 0 Å². The van der Waals surface area contributed by atoms with E-state index in [1.165, 1.54) is 0 Å². The summed E-state index contributed by atoms with van der Waals surface area (Å²) < 4.78 is 0. The number of carbonyl (C=O) groups is 1. The van der Waals surface area contributed by atoms with Crippen LogP contribution in [0.2, 0.25) is 10.0 Å². The van der Waals surface area contributed by atoms with Crippen molar-refractivity contribution in [3.05, 3.63) is 33.8 Å². The standard InChI is InChI=1S/C13H15Cl2NO/c14-11-3-4-12(15)10(6-11)7-13(17)9-2-1-5-16-8-9/h3-4,6,9,16H,1-2,5,7-8H2. The van der Waals surface area contributed by atoms with Crippen molar-refractivity contribution in [1.29, 1.82) is 0 Å². The quantitative estimate of drug-likeness (QED) is 0.916. The van der Waals surface area contributed by atoms with Gasteiger partial charge in [-0.25, -0.2) is 0 Å². The summed E-state index contributed by atoms with van der Waals surface area (Å²) in [6.45, 7) is 1.80. The molecule has 0 spiro atoms. The number of ketones is 1. The Kier molecular flexibility index (Phi) is 4.43. The van der Waals surface area contributed by atoms with Gasteiger partial charge in [-0.2, -0.15) is 0 Å². The average molecular weight is 272 g/mol. The first-order valence-corrected chi connectivity index (χ1v) is 6.60. The normalized spacial score (nSPS) is 20.2. The van der Waals surface area contributed by atoms with E-state index >= 15 is 0 Å². The minimum atomic E-state index is 0.124. The predicted octanol–water partition coefficient (Wildman–Crippen LogP) is 3.10. The molecule has 1 aliphatic rings. The lowest BCUT2D eigenvalue weighted by atomic mass is 9.91. The van der Waals surface area contributed by atoms with E-state index in [1.54, 1.807) is 18.2 Å². The summed E-state index contributed by atoms with van der Waals surface area (Å²) in [7, 11) is 0. The molecule has 0 aromatic heterocycles. The number of carbonyl (C=O) groups excluding carboxylic acids is 1. The first-order valence-electron chi connectivity index (χ1n) is 5.84. The second kappa shape index (κ2) is 5.85. The van der Waals surface area contributed by atoms with Crippen LogP contribution < -0.4 is 5.32 Å². The van der Waals surface area contributed by atoms with Crippen LogP contribution in [0.15, 0.2) is 18.2 Å². The van der Waals surface area contributed by atoms with Crippen LogP contribution in [0.3, 0.4) is 0 Å². The fourth-order valence-electron chi connectivity index (χ4n) is 2.14. The fourth-order valence-corrected chi connectivity index (χ4v) is 2.52. The number of halogens is 2. The summed E-state index contributed by atoms with van der Waals surface area (Å²) in [5.41, 5.74) is 0.828. The third kappa shape index (κ3) is 3.44. The number of nitrogens with one attached hydrogen (secondary N) is 1. The molecule has 0 radical (unpaired) electrons. The average Bonchev–Trinajstić information content (AvgIpc) is 2.35. The monoisotopic (exact) mass is 271 g/mol. The number of piperidine rings is 1. The molecule has 1 atom stereocenters. The largest absolute Gasteiger partial charge is 0.316 e. The van der Waals surface area contributed by atoms with E-state index in [-0.39, 0.29) is 11.7 Å². The van der Waals surface area contributed by atoms with Crippen molar-refractivity contribution in [1.82, 2.24) is 5.32 Å². The Labute approximate surface area is 111 Å². The Morgan fingerprint density at radius 1 is 1.41 bits per heavy atom. The molecule has 1 saturated heterocycles. The third-order valence-electron chi connectivity index (χ3n) is 3.12. The molecule has 1 N–H and O–H groups in total. The van der Waals surface area contributed by atoms with Gasteiger partial charge >= 0.3 is 0 Å². The van der Waals surface area contributed by atoms with Gasteiger partial charge in [0.25, 0.3) is 0 Å². The van der Waals surface area contributed by atoms with E-state index in [1.807, 2.05) is 0 Å². The second-order valence-electron chi connectivity index (χ2n) is 4.42.